The lowest BCUT2D eigenvalue weighted by Crippen LogP contribution is -2.51. The first-order valence-electron chi connectivity index (χ1n) is 10.2. The van der Waals surface area contributed by atoms with Crippen molar-refractivity contribution in [1.29, 1.82) is 0 Å². The van der Waals surface area contributed by atoms with Crippen molar-refractivity contribution in [2.75, 3.05) is 51.3 Å². The highest BCUT2D eigenvalue weighted by Gasteiger charge is 2.26. The van der Waals surface area contributed by atoms with Gasteiger partial charge in [0.15, 0.2) is 0 Å². The van der Waals surface area contributed by atoms with Crippen LogP contribution in [0.25, 0.3) is 0 Å². The summed E-state index contributed by atoms with van der Waals surface area (Å²) in [5.41, 5.74) is 1.79. The van der Waals surface area contributed by atoms with E-state index in [1.165, 1.54) is 6.07 Å². The number of piperazine rings is 1. The highest BCUT2D eigenvalue weighted by Crippen LogP contribution is 2.28. The van der Waals surface area contributed by atoms with Crippen molar-refractivity contribution in [2.45, 2.75) is 6.54 Å². The van der Waals surface area contributed by atoms with E-state index in [0.717, 1.165) is 11.3 Å². The maximum absolute atomic E-state index is 12.9. The monoisotopic (exact) mass is 424 g/mol. The van der Waals surface area contributed by atoms with Gasteiger partial charge in [0.25, 0.3) is 5.69 Å². The van der Waals surface area contributed by atoms with Crippen LogP contribution in [0.3, 0.4) is 0 Å². The van der Waals surface area contributed by atoms with Crippen molar-refractivity contribution in [2.24, 2.45) is 0 Å². The molecule has 0 N–H and O–H groups in total. The first-order chi connectivity index (χ1) is 15.0. The Hall–Kier alpha value is -3.39. The average Bonchev–Trinajstić information content (AvgIpc) is 2.79. The first kappa shape index (κ1) is 22.3. The summed E-state index contributed by atoms with van der Waals surface area (Å²) in [6.07, 6.45) is 1.79. The molecule has 1 aliphatic rings. The van der Waals surface area contributed by atoms with Gasteiger partial charge in [-0.1, -0.05) is 30.3 Å². The van der Waals surface area contributed by atoms with Gasteiger partial charge >= 0.3 is 0 Å². The maximum Gasteiger partial charge on any atom is 0.292 e. The van der Waals surface area contributed by atoms with E-state index in [9.17, 15) is 14.9 Å². The summed E-state index contributed by atoms with van der Waals surface area (Å²) in [5, 5.41) is 11.3. The number of carbonyl (C=O) groups excluding carboxylic acids is 1. The second-order valence-electron chi connectivity index (χ2n) is 7.42. The molecule has 0 unspecified atom stereocenters. The Kier molecular flexibility index (Phi) is 7.61. The molecule has 0 radical (unpaired) electrons. The summed E-state index contributed by atoms with van der Waals surface area (Å²) < 4.78 is 5.19. The van der Waals surface area contributed by atoms with E-state index < -0.39 is 0 Å². The minimum absolute atomic E-state index is 0.0533. The Labute approximate surface area is 182 Å². The Bertz CT molecular complexity index is 908. The normalized spacial score (nSPS) is 13.9. The average molecular weight is 425 g/mol. The molecule has 2 aromatic carbocycles. The van der Waals surface area contributed by atoms with Gasteiger partial charge in [-0.25, -0.2) is 0 Å². The van der Waals surface area contributed by atoms with E-state index >= 15 is 0 Å². The van der Waals surface area contributed by atoms with Crippen LogP contribution in [-0.4, -0.2) is 67.0 Å². The number of benzene rings is 2. The van der Waals surface area contributed by atoms with E-state index in [2.05, 4.69) is 6.58 Å². The summed E-state index contributed by atoms with van der Waals surface area (Å²) in [6, 6.07) is 14.5. The number of nitro groups is 1. The van der Waals surface area contributed by atoms with Crippen molar-refractivity contribution >= 4 is 17.3 Å². The van der Waals surface area contributed by atoms with Crippen LogP contribution in [0.5, 0.6) is 5.75 Å². The third kappa shape index (κ3) is 5.82. The number of nitro benzene ring substituents is 1. The molecule has 0 aliphatic carbocycles. The van der Waals surface area contributed by atoms with E-state index in [-0.39, 0.29) is 16.5 Å². The second kappa shape index (κ2) is 10.6. The number of rotatable bonds is 9. The molecule has 2 aromatic rings. The van der Waals surface area contributed by atoms with Gasteiger partial charge in [0.05, 0.1) is 18.6 Å². The van der Waals surface area contributed by atoms with Gasteiger partial charge < -0.3 is 14.5 Å². The highest BCUT2D eigenvalue weighted by atomic mass is 16.6. The summed E-state index contributed by atoms with van der Waals surface area (Å²) in [5.74, 6) is 0.851. The number of methoxy groups -OCH3 is 1. The molecule has 164 valence electrons. The van der Waals surface area contributed by atoms with E-state index in [4.69, 9.17) is 4.74 Å². The molecule has 1 saturated heterocycles. The van der Waals surface area contributed by atoms with Crippen LogP contribution in [0.2, 0.25) is 0 Å². The van der Waals surface area contributed by atoms with Gasteiger partial charge in [0, 0.05) is 45.3 Å². The van der Waals surface area contributed by atoms with E-state index in [1.54, 1.807) is 31.4 Å². The van der Waals surface area contributed by atoms with Crippen LogP contribution < -0.4 is 9.64 Å². The van der Waals surface area contributed by atoms with Crippen molar-refractivity contribution < 1.29 is 14.5 Å². The number of hydrogen-bond acceptors (Lipinski definition) is 6. The van der Waals surface area contributed by atoms with Gasteiger partial charge in [-0.15, -0.1) is 6.58 Å². The molecule has 0 atom stereocenters. The lowest BCUT2D eigenvalue weighted by molar-refractivity contribution is -0.384. The van der Waals surface area contributed by atoms with Crippen molar-refractivity contribution in [3.05, 3.63) is 76.9 Å². The quantitative estimate of drug-likeness (QED) is 0.350. The summed E-state index contributed by atoms with van der Waals surface area (Å²) in [6.45, 7) is 7.55. The molecule has 1 heterocycles. The fourth-order valence-electron chi connectivity index (χ4n) is 3.73. The Balaban J connectivity index is 1.57. The molecule has 0 spiro atoms. The third-order valence-electron chi connectivity index (χ3n) is 5.36. The topological polar surface area (TPSA) is 79.2 Å². The van der Waals surface area contributed by atoms with Crippen LogP contribution in [-0.2, 0) is 11.3 Å². The lowest BCUT2D eigenvalue weighted by atomic mass is 10.2. The van der Waals surface area contributed by atoms with Crippen molar-refractivity contribution in [3.8, 4) is 5.75 Å². The predicted molar refractivity (Wildman–Crippen MR) is 120 cm³/mol. The molecule has 1 fully saturated rings. The van der Waals surface area contributed by atoms with Crippen molar-refractivity contribution in [1.82, 2.24) is 9.80 Å². The number of amides is 1. The first-order valence-corrected chi connectivity index (χ1v) is 10.2. The summed E-state index contributed by atoms with van der Waals surface area (Å²) in [7, 11) is 1.63. The van der Waals surface area contributed by atoms with Gasteiger partial charge in [-0.3, -0.25) is 19.8 Å². The van der Waals surface area contributed by atoms with Crippen LogP contribution >= 0.6 is 0 Å². The Morgan fingerprint density at radius 2 is 1.84 bits per heavy atom. The van der Waals surface area contributed by atoms with Crippen molar-refractivity contribution in [3.63, 3.8) is 0 Å². The number of hydrogen-bond donors (Lipinski definition) is 0. The van der Waals surface area contributed by atoms with Crippen LogP contribution in [0.4, 0.5) is 11.4 Å². The fraction of sp³-hybridized carbons (Fsp3) is 0.348. The maximum atomic E-state index is 12.9. The zero-order chi connectivity index (χ0) is 22.2. The Morgan fingerprint density at radius 3 is 2.45 bits per heavy atom. The molecule has 1 amide bonds. The molecule has 0 bridgehead atoms. The minimum Gasteiger partial charge on any atom is -0.497 e. The van der Waals surface area contributed by atoms with Gasteiger partial charge in [-0.2, -0.15) is 0 Å². The molecule has 1 aliphatic heterocycles. The molecule has 0 saturated carbocycles. The smallest absolute Gasteiger partial charge is 0.292 e. The number of anilines is 1. The van der Waals surface area contributed by atoms with Gasteiger partial charge in [0.2, 0.25) is 5.91 Å². The standard InChI is InChI=1S/C23H28N4O4/c1-3-12-24(17-19-8-10-20(31-2)11-9-19)18-23(28)26-15-13-25(14-16-26)21-6-4-5-7-22(21)27(29)30/h3-11H,1,12-18H2,2H3. The SMILES string of the molecule is C=CCN(CC(=O)N1CCN(c2ccccc2[N+](=O)[O-])CC1)Cc1ccc(OC)cc1. The summed E-state index contributed by atoms with van der Waals surface area (Å²) in [4.78, 5) is 29.7. The molecular weight excluding hydrogens is 396 g/mol. The predicted octanol–water partition coefficient (Wildman–Crippen LogP) is 2.94. The minimum atomic E-state index is -0.362. The van der Waals surface area contributed by atoms with Gasteiger partial charge in [0.1, 0.15) is 11.4 Å². The molecule has 3 rings (SSSR count). The molecule has 8 nitrogen and oxygen atoms in total. The fourth-order valence-corrected chi connectivity index (χ4v) is 3.73. The second-order valence-corrected chi connectivity index (χ2v) is 7.42. The number of nitrogens with zero attached hydrogens (tertiary/aromatic N) is 4. The lowest BCUT2D eigenvalue weighted by Gasteiger charge is -2.36. The highest BCUT2D eigenvalue weighted by molar-refractivity contribution is 5.78. The third-order valence-corrected chi connectivity index (χ3v) is 5.36. The summed E-state index contributed by atoms with van der Waals surface area (Å²) >= 11 is 0. The molecule has 0 aromatic heterocycles. The number of carbonyl (C=O) groups is 1. The number of para-hydroxylation sites is 2. The molecule has 8 heteroatoms. The molecule has 31 heavy (non-hydrogen) atoms. The van der Waals surface area contributed by atoms with Crippen LogP contribution in [0, 0.1) is 10.1 Å². The molecular formula is C23H28N4O4. The van der Waals surface area contributed by atoms with E-state index in [0.29, 0.717) is 51.5 Å². The Morgan fingerprint density at radius 1 is 1.16 bits per heavy atom. The number of ether oxygens (including phenoxy) is 1. The van der Waals surface area contributed by atoms with Crippen LogP contribution in [0.15, 0.2) is 61.2 Å². The van der Waals surface area contributed by atoms with Crippen LogP contribution in [0.1, 0.15) is 5.56 Å². The zero-order valence-electron chi connectivity index (χ0n) is 17.8. The zero-order valence-corrected chi connectivity index (χ0v) is 17.8. The largest absolute Gasteiger partial charge is 0.497 e. The van der Waals surface area contributed by atoms with E-state index in [1.807, 2.05) is 39.0 Å². The van der Waals surface area contributed by atoms with Gasteiger partial charge in [-0.05, 0) is 23.8 Å².